The first-order valence-electron chi connectivity index (χ1n) is 11.6. The molecule has 184 valence electrons. The summed E-state index contributed by atoms with van der Waals surface area (Å²) in [6, 6.07) is 9.98. The van der Waals surface area contributed by atoms with Crippen molar-refractivity contribution < 1.29 is 8.78 Å². The normalized spacial score (nSPS) is 18.0. The highest BCUT2D eigenvalue weighted by molar-refractivity contribution is 8.15. The molecule has 3 N–H and O–H groups in total. The first-order valence-corrected chi connectivity index (χ1v) is 13.4. The quantitative estimate of drug-likeness (QED) is 0.222. The molecule has 0 saturated carbocycles. The molecule has 2 aliphatic heterocycles. The maximum Gasteiger partial charge on any atom is 0.270 e. The molecule has 2 aliphatic rings. The van der Waals surface area contributed by atoms with Crippen molar-refractivity contribution in [1.82, 2.24) is 10.3 Å². The summed E-state index contributed by atoms with van der Waals surface area (Å²) in [5, 5.41) is 9.40. The van der Waals surface area contributed by atoms with Crippen molar-refractivity contribution in [2.75, 3.05) is 17.4 Å². The van der Waals surface area contributed by atoms with Crippen LogP contribution >= 0.6 is 22.3 Å². The summed E-state index contributed by atoms with van der Waals surface area (Å²) in [7, 11) is -0.499. The van der Waals surface area contributed by atoms with E-state index in [1.165, 1.54) is 12.1 Å². The molecule has 0 aromatic heterocycles. The number of nitrogens with two attached hydrogens (primary N) is 1. The molecule has 2 saturated heterocycles. The number of nitrogens with zero attached hydrogens (tertiary/aromatic N) is 3. The molecule has 35 heavy (non-hydrogen) atoms. The van der Waals surface area contributed by atoms with E-state index in [2.05, 4.69) is 28.7 Å². The Morgan fingerprint density at radius 2 is 1.94 bits per heavy atom. The van der Waals surface area contributed by atoms with Crippen LogP contribution in [0.25, 0.3) is 5.70 Å². The summed E-state index contributed by atoms with van der Waals surface area (Å²) in [4.78, 5) is 2.48. The van der Waals surface area contributed by atoms with E-state index >= 15 is 4.39 Å². The van der Waals surface area contributed by atoms with Crippen LogP contribution in [0.5, 0.6) is 0 Å². The van der Waals surface area contributed by atoms with Crippen LogP contribution in [0.3, 0.4) is 0 Å². The van der Waals surface area contributed by atoms with Gasteiger partial charge in [-0.25, -0.2) is 14.0 Å². The number of hydrogen-bond acceptors (Lipinski definition) is 5. The zero-order valence-electron chi connectivity index (χ0n) is 19.5. The van der Waals surface area contributed by atoms with Crippen LogP contribution < -0.4 is 15.6 Å². The number of hydrazine groups is 1. The predicted molar refractivity (Wildman–Crippen MR) is 144 cm³/mol. The van der Waals surface area contributed by atoms with Crippen LogP contribution in [0.4, 0.5) is 14.5 Å². The molecule has 0 amide bonds. The Labute approximate surface area is 213 Å². The average Bonchev–Trinajstić information content (AvgIpc) is 2.84. The molecule has 2 fully saturated rings. The Hall–Kier alpha value is -2.38. The third-order valence-electron chi connectivity index (χ3n) is 7.04. The van der Waals surface area contributed by atoms with Gasteiger partial charge in [-0.3, -0.25) is 5.84 Å². The molecular weight excluding hydrogens is 487 g/mol. The summed E-state index contributed by atoms with van der Waals surface area (Å²) in [6.07, 6.45) is 3.85. The molecule has 1 unspecified atom stereocenters. The van der Waals surface area contributed by atoms with Gasteiger partial charge in [0.15, 0.2) is 0 Å². The second-order valence-electron chi connectivity index (χ2n) is 9.15. The van der Waals surface area contributed by atoms with E-state index < -0.39 is 16.5 Å². The van der Waals surface area contributed by atoms with Gasteiger partial charge < -0.3 is 14.6 Å². The molecule has 2 aromatic rings. The van der Waals surface area contributed by atoms with E-state index in [4.69, 9.17) is 22.7 Å². The lowest BCUT2D eigenvalue weighted by Crippen LogP contribution is -2.51. The molecule has 10 heteroatoms. The van der Waals surface area contributed by atoms with Crippen LogP contribution in [0.2, 0.25) is 17.7 Å². The molecule has 0 aliphatic carbocycles. The van der Waals surface area contributed by atoms with Crippen LogP contribution in [0.1, 0.15) is 24.0 Å². The van der Waals surface area contributed by atoms with Crippen molar-refractivity contribution >= 4 is 46.2 Å². The van der Waals surface area contributed by atoms with Gasteiger partial charge in [-0.2, -0.15) is 0 Å². The number of halogens is 3. The van der Waals surface area contributed by atoms with Crippen LogP contribution in [0, 0.1) is 22.9 Å². The first kappa shape index (κ1) is 25.7. The number of nitriles is 1. The van der Waals surface area contributed by atoms with Gasteiger partial charge in [0.25, 0.3) is 6.71 Å². The van der Waals surface area contributed by atoms with Gasteiger partial charge in [0, 0.05) is 33.7 Å². The topological polar surface area (TPSA) is 68.3 Å². The molecule has 2 aromatic carbocycles. The van der Waals surface area contributed by atoms with Gasteiger partial charge >= 0.3 is 0 Å². The zero-order valence-corrected chi connectivity index (χ0v) is 21.1. The van der Waals surface area contributed by atoms with Crippen LogP contribution in [0.15, 0.2) is 43.0 Å². The van der Waals surface area contributed by atoms with Gasteiger partial charge in [-0.1, -0.05) is 46.9 Å². The largest absolute Gasteiger partial charge is 0.324 e. The third-order valence-corrected chi connectivity index (χ3v) is 9.47. The summed E-state index contributed by atoms with van der Waals surface area (Å²) < 4.78 is 31.0. The maximum atomic E-state index is 15.0. The highest BCUT2D eigenvalue weighted by Crippen LogP contribution is 2.40. The van der Waals surface area contributed by atoms with Gasteiger partial charge in [-0.05, 0) is 68.9 Å². The lowest BCUT2D eigenvalue weighted by molar-refractivity contribution is 0.176. The number of anilines is 1. The fourth-order valence-electron chi connectivity index (χ4n) is 4.74. The lowest BCUT2D eigenvalue weighted by atomic mass is 9.34. The Morgan fingerprint density at radius 3 is 2.54 bits per heavy atom. The van der Waals surface area contributed by atoms with Gasteiger partial charge in [0.1, 0.15) is 11.6 Å². The summed E-state index contributed by atoms with van der Waals surface area (Å²) in [5.74, 6) is 11.4. The van der Waals surface area contributed by atoms with Crippen molar-refractivity contribution in [3.63, 3.8) is 0 Å². The third kappa shape index (κ3) is 5.73. The minimum absolute atomic E-state index is 0.0255. The van der Waals surface area contributed by atoms with E-state index in [0.717, 1.165) is 38.6 Å². The highest BCUT2D eigenvalue weighted by atomic mass is 35.5. The monoisotopic (exact) mass is 515 g/mol. The fourth-order valence-corrected chi connectivity index (χ4v) is 6.71. The molecular formula is C25H29BClF2N5S. The molecule has 0 bridgehead atoms. The molecule has 2 heterocycles. The lowest BCUT2D eigenvalue weighted by Gasteiger charge is -2.44. The Kier molecular flexibility index (Phi) is 8.18. The molecule has 0 radical (unpaired) electrons. The second-order valence-corrected chi connectivity index (χ2v) is 11.5. The van der Waals surface area contributed by atoms with E-state index in [1.807, 2.05) is 4.31 Å². The van der Waals surface area contributed by atoms with Crippen molar-refractivity contribution in [2.24, 2.45) is 5.84 Å². The minimum atomic E-state index is -0.499. The van der Waals surface area contributed by atoms with E-state index in [-0.39, 0.29) is 24.1 Å². The number of benzene rings is 2. The number of nitrogens with one attached hydrogen (secondary N) is 1. The maximum absolute atomic E-state index is 15.0. The molecule has 4 rings (SSSR count). The first-order chi connectivity index (χ1) is 16.8. The van der Waals surface area contributed by atoms with Crippen LogP contribution in [-0.2, 0) is 6.54 Å². The van der Waals surface area contributed by atoms with Crippen molar-refractivity contribution in [2.45, 2.75) is 43.3 Å². The van der Waals surface area contributed by atoms with E-state index in [1.54, 1.807) is 24.3 Å². The molecule has 0 spiro atoms. The van der Waals surface area contributed by atoms with Crippen molar-refractivity contribution in [3.05, 3.63) is 70.8 Å². The van der Waals surface area contributed by atoms with Gasteiger partial charge in [0.05, 0.1) is 11.6 Å². The highest BCUT2D eigenvalue weighted by Gasteiger charge is 2.38. The summed E-state index contributed by atoms with van der Waals surface area (Å²) >= 11 is 6.10. The Balaban J connectivity index is 1.52. The van der Waals surface area contributed by atoms with Crippen molar-refractivity contribution in [3.8, 4) is 5.97 Å². The number of piperidine rings is 1. The summed E-state index contributed by atoms with van der Waals surface area (Å²) in [6.45, 7) is 6.16. The van der Waals surface area contributed by atoms with E-state index in [0.29, 0.717) is 33.8 Å². The van der Waals surface area contributed by atoms with Crippen molar-refractivity contribution in [1.29, 1.82) is 5.26 Å². The Morgan fingerprint density at radius 1 is 1.23 bits per heavy atom. The standard InChI is InChI=1S/C25H29BClF2N5S/c1-17(32-31)18-3-4-19(25(29)11-18)15-34(20-5-6-24(28)23(27)12-20)35(2)22-7-9-33(10-8-22)21-13-26(14-21)16-30/h3-6,11-12,21-22,32H,1-2,7-10,13-15,31H2. The summed E-state index contributed by atoms with van der Waals surface area (Å²) in [5.41, 5.74) is 4.65. The average molecular weight is 516 g/mol. The fraction of sp³-hybridized carbons (Fsp3) is 0.360. The molecule has 5 nitrogen and oxygen atoms in total. The predicted octanol–water partition coefficient (Wildman–Crippen LogP) is 5.08. The van der Waals surface area contributed by atoms with Gasteiger partial charge in [0.2, 0.25) is 0 Å². The Bertz CT molecular complexity index is 1160. The zero-order chi connectivity index (χ0) is 25.1. The number of rotatable bonds is 8. The molecule has 1 atom stereocenters. The van der Waals surface area contributed by atoms with Crippen LogP contribution in [-0.4, -0.2) is 41.9 Å². The van der Waals surface area contributed by atoms with Gasteiger partial charge in [-0.15, -0.1) is 0 Å². The number of hydrogen-bond donors (Lipinski definition) is 2. The SMILES string of the molecule is C=C(NN)c1ccc(CN(c2ccc(F)c(Cl)c2)S(=C)C2CCN(C3CB(C#N)C3)CC2)c(F)c1. The number of likely N-dealkylation sites (tertiary alicyclic amines) is 1. The van der Waals surface area contributed by atoms with E-state index in [9.17, 15) is 4.39 Å². The minimum Gasteiger partial charge on any atom is -0.324 e. The smallest absolute Gasteiger partial charge is 0.270 e. The second kappa shape index (κ2) is 11.1.